The fourth-order valence-corrected chi connectivity index (χ4v) is 2.39. The monoisotopic (exact) mass is 292 g/mol. The van der Waals surface area contributed by atoms with Crippen molar-refractivity contribution in [2.45, 2.75) is 19.3 Å². The van der Waals surface area contributed by atoms with Crippen LogP contribution in [0, 0.1) is 5.92 Å². The molecule has 1 aliphatic heterocycles. The lowest BCUT2D eigenvalue weighted by Crippen LogP contribution is -2.44. The fraction of sp³-hybridized carbons (Fsp3) is 0.818. The van der Waals surface area contributed by atoms with Gasteiger partial charge in [0.05, 0.1) is 12.8 Å². The lowest BCUT2D eigenvalue weighted by molar-refractivity contribution is -0.138. The number of piperidine rings is 1. The molecule has 0 spiro atoms. The molecule has 0 aliphatic carbocycles. The molecule has 0 radical (unpaired) electrons. The van der Waals surface area contributed by atoms with Crippen molar-refractivity contribution in [2.24, 2.45) is 5.92 Å². The number of carboxylic acid groups (broad SMARTS) is 1. The topological polar surface area (TPSA) is 95.0 Å². The van der Waals surface area contributed by atoms with Gasteiger partial charge < -0.3 is 10.0 Å². The van der Waals surface area contributed by atoms with Crippen LogP contribution < -0.4 is 0 Å². The fourth-order valence-electron chi connectivity index (χ4n) is 2.04. The number of nitrogens with zero attached hydrogens (tertiary/aromatic N) is 2. The maximum atomic E-state index is 11.9. The van der Waals surface area contributed by atoms with Crippen LogP contribution in [-0.4, -0.2) is 67.5 Å². The second kappa shape index (κ2) is 6.33. The zero-order chi connectivity index (χ0) is 14.6. The molecule has 7 nitrogen and oxygen atoms in total. The Morgan fingerprint density at radius 2 is 1.84 bits per heavy atom. The Balaban J connectivity index is 2.43. The smallest absolute Gasteiger partial charge is 0.303 e. The summed E-state index contributed by atoms with van der Waals surface area (Å²) >= 11 is 0. The van der Waals surface area contributed by atoms with Gasteiger partial charge in [-0.15, -0.1) is 0 Å². The molecule has 0 atom stereocenters. The highest BCUT2D eigenvalue weighted by molar-refractivity contribution is 7.88. The van der Waals surface area contributed by atoms with Gasteiger partial charge in [0.2, 0.25) is 15.9 Å². The molecule has 19 heavy (non-hydrogen) atoms. The minimum Gasteiger partial charge on any atom is -0.481 e. The summed E-state index contributed by atoms with van der Waals surface area (Å²) in [5.41, 5.74) is 0. The van der Waals surface area contributed by atoms with E-state index in [1.165, 1.54) is 7.05 Å². The van der Waals surface area contributed by atoms with Crippen LogP contribution in [0.5, 0.6) is 0 Å². The molecular weight excluding hydrogens is 272 g/mol. The van der Waals surface area contributed by atoms with Gasteiger partial charge >= 0.3 is 5.97 Å². The Morgan fingerprint density at radius 1 is 1.32 bits per heavy atom. The lowest BCUT2D eigenvalue weighted by Gasteiger charge is -2.32. The summed E-state index contributed by atoms with van der Waals surface area (Å²) in [6.07, 6.45) is 2.49. The first-order valence-corrected chi connectivity index (χ1v) is 7.96. The molecular formula is C11H20N2O5S. The molecule has 1 fully saturated rings. The highest BCUT2D eigenvalue weighted by atomic mass is 32.2. The van der Waals surface area contributed by atoms with E-state index in [1.807, 2.05) is 0 Å². The third-order valence-electron chi connectivity index (χ3n) is 3.35. The molecule has 110 valence electrons. The van der Waals surface area contributed by atoms with Gasteiger partial charge in [0, 0.05) is 26.6 Å². The van der Waals surface area contributed by atoms with Crippen molar-refractivity contribution in [3.05, 3.63) is 0 Å². The number of hydrogen-bond donors (Lipinski definition) is 1. The standard InChI is InChI=1S/C11H20N2O5S/c1-12(19(2,17)18)8-10(14)13-5-3-9(4-6-13)7-11(15)16/h9H,3-8H2,1-2H3,(H,15,16). The third kappa shape index (κ3) is 5.15. The highest BCUT2D eigenvalue weighted by Crippen LogP contribution is 2.20. The van der Waals surface area contributed by atoms with E-state index in [0.717, 1.165) is 10.6 Å². The molecule has 0 aromatic heterocycles. The van der Waals surface area contributed by atoms with Crippen molar-refractivity contribution in [2.75, 3.05) is 32.9 Å². The highest BCUT2D eigenvalue weighted by Gasteiger charge is 2.26. The largest absolute Gasteiger partial charge is 0.481 e. The predicted molar refractivity (Wildman–Crippen MR) is 69.0 cm³/mol. The van der Waals surface area contributed by atoms with Crippen molar-refractivity contribution in [1.82, 2.24) is 9.21 Å². The van der Waals surface area contributed by atoms with Crippen LogP contribution in [0.15, 0.2) is 0 Å². The SMILES string of the molecule is CN(CC(=O)N1CCC(CC(=O)O)CC1)S(C)(=O)=O. The van der Waals surface area contributed by atoms with E-state index >= 15 is 0 Å². The molecule has 1 N–H and O–H groups in total. The minimum absolute atomic E-state index is 0.106. The number of likely N-dealkylation sites (tertiary alicyclic amines) is 1. The summed E-state index contributed by atoms with van der Waals surface area (Å²) in [5.74, 6) is -0.947. The van der Waals surface area contributed by atoms with E-state index in [9.17, 15) is 18.0 Å². The maximum Gasteiger partial charge on any atom is 0.303 e. The van der Waals surface area contributed by atoms with Gasteiger partial charge in [-0.2, -0.15) is 4.31 Å². The van der Waals surface area contributed by atoms with Crippen molar-refractivity contribution >= 4 is 21.9 Å². The van der Waals surface area contributed by atoms with Gasteiger partial charge in [-0.05, 0) is 18.8 Å². The van der Waals surface area contributed by atoms with Crippen LogP contribution in [-0.2, 0) is 19.6 Å². The minimum atomic E-state index is -3.36. The van der Waals surface area contributed by atoms with Crippen LogP contribution >= 0.6 is 0 Å². The number of hydrogen-bond acceptors (Lipinski definition) is 4. The number of carbonyl (C=O) groups is 2. The quantitative estimate of drug-likeness (QED) is 0.743. The molecule has 0 aromatic carbocycles. The molecule has 0 aromatic rings. The van der Waals surface area contributed by atoms with E-state index in [1.54, 1.807) is 4.90 Å². The first-order valence-electron chi connectivity index (χ1n) is 6.11. The number of rotatable bonds is 5. The van der Waals surface area contributed by atoms with E-state index < -0.39 is 16.0 Å². The van der Waals surface area contributed by atoms with Crippen LogP contribution in [0.1, 0.15) is 19.3 Å². The van der Waals surface area contributed by atoms with Crippen LogP contribution in [0.3, 0.4) is 0 Å². The predicted octanol–water partition coefficient (Wildman–Crippen LogP) is -0.409. The molecule has 1 aliphatic rings. The van der Waals surface area contributed by atoms with Gasteiger partial charge in [-0.25, -0.2) is 8.42 Å². The maximum absolute atomic E-state index is 11.9. The normalized spacial score (nSPS) is 17.7. The molecule has 0 saturated carbocycles. The number of sulfonamides is 1. The van der Waals surface area contributed by atoms with E-state index in [4.69, 9.17) is 5.11 Å². The van der Waals surface area contributed by atoms with Crippen molar-refractivity contribution in [1.29, 1.82) is 0 Å². The summed E-state index contributed by atoms with van der Waals surface area (Å²) in [7, 11) is -1.99. The van der Waals surface area contributed by atoms with Gasteiger partial charge in [-0.3, -0.25) is 9.59 Å². The van der Waals surface area contributed by atoms with E-state index in [2.05, 4.69) is 0 Å². The average Bonchev–Trinajstić information content (AvgIpc) is 2.27. The summed E-state index contributed by atoms with van der Waals surface area (Å²) in [4.78, 5) is 24.1. The lowest BCUT2D eigenvalue weighted by atomic mass is 9.93. The van der Waals surface area contributed by atoms with Gasteiger partial charge in [0.25, 0.3) is 0 Å². The molecule has 0 bridgehead atoms. The Hall–Kier alpha value is -1.15. The van der Waals surface area contributed by atoms with Gasteiger partial charge in [-0.1, -0.05) is 0 Å². The van der Waals surface area contributed by atoms with Crippen LogP contribution in [0.25, 0.3) is 0 Å². The molecule has 1 amide bonds. The Bertz CT molecular complexity index is 440. The van der Waals surface area contributed by atoms with E-state index in [0.29, 0.717) is 25.9 Å². The number of amides is 1. The van der Waals surface area contributed by atoms with Crippen molar-refractivity contribution < 1.29 is 23.1 Å². The third-order valence-corrected chi connectivity index (χ3v) is 4.62. The summed E-state index contributed by atoms with van der Waals surface area (Å²) in [6.45, 7) is 0.825. The number of carboxylic acids is 1. The Morgan fingerprint density at radius 3 is 2.26 bits per heavy atom. The number of carbonyl (C=O) groups excluding carboxylic acids is 1. The summed E-state index contributed by atoms with van der Waals surface area (Å²) in [6, 6.07) is 0. The van der Waals surface area contributed by atoms with Crippen LogP contribution in [0.4, 0.5) is 0 Å². The second-order valence-corrected chi connectivity index (χ2v) is 7.03. The van der Waals surface area contributed by atoms with Gasteiger partial charge in [0.1, 0.15) is 0 Å². The molecule has 1 rings (SSSR count). The van der Waals surface area contributed by atoms with Gasteiger partial charge in [0.15, 0.2) is 0 Å². The summed E-state index contributed by atoms with van der Waals surface area (Å²) < 4.78 is 23.4. The number of aliphatic carboxylic acids is 1. The zero-order valence-corrected chi connectivity index (χ0v) is 12.0. The molecule has 8 heteroatoms. The Kier molecular flexibility index (Phi) is 5.30. The molecule has 0 unspecified atom stereocenters. The molecule has 1 heterocycles. The average molecular weight is 292 g/mol. The summed E-state index contributed by atoms with van der Waals surface area (Å²) in [5, 5.41) is 8.70. The zero-order valence-electron chi connectivity index (χ0n) is 11.2. The van der Waals surface area contributed by atoms with Crippen molar-refractivity contribution in [3.63, 3.8) is 0 Å². The number of likely N-dealkylation sites (N-methyl/N-ethyl adjacent to an activating group) is 1. The van der Waals surface area contributed by atoms with Crippen LogP contribution in [0.2, 0.25) is 0 Å². The molecule has 1 saturated heterocycles. The Labute approximate surface area is 113 Å². The second-order valence-electron chi connectivity index (χ2n) is 4.94. The first-order chi connectivity index (χ1) is 8.70. The van der Waals surface area contributed by atoms with E-state index in [-0.39, 0.29) is 24.8 Å². The van der Waals surface area contributed by atoms with Crippen molar-refractivity contribution in [3.8, 4) is 0 Å². The first kappa shape index (κ1) is 15.9.